The van der Waals surface area contributed by atoms with E-state index in [2.05, 4.69) is 43.9 Å². The fourth-order valence-electron chi connectivity index (χ4n) is 4.65. The molecule has 1 fully saturated rings. The maximum atomic E-state index is 12.0. The average Bonchev–Trinajstić information content (AvgIpc) is 3.36. The molecule has 1 N–H and O–H groups in total. The van der Waals surface area contributed by atoms with Gasteiger partial charge >= 0.3 is 0 Å². The smallest absolute Gasteiger partial charge is 0.211 e. The van der Waals surface area contributed by atoms with Crippen LogP contribution in [0.3, 0.4) is 0 Å². The predicted octanol–water partition coefficient (Wildman–Crippen LogP) is 2.05. The Morgan fingerprint density at radius 2 is 2.07 bits per heavy atom. The third-order valence-electron chi connectivity index (χ3n) is 6.17. The van der Waals surface area contributed by atoms with Crippen molar-refractivity contribution in [3.8, 4) is 0 Å². The molecule has 3 aromatic rings. The third-order valence-corrected chi connectivity index (χ3v) is 7.44. The van der Waals surface area contributed by atoms with Crippen molar-refractivity contribution < 1.29 is 8.42 Å². The molecule has 2 aliphatic rings. The van der Waals surface area contributed by atoms with Gasteiger partial charge in [-0.1, -0.05) is 0 Å². The van der Waals surface area contributed by atoms with Crippen LogP contribution >= 0.6 is 0 Å². The second-order valence-electron chi connectivity index (χ2n) is 8.04. The molecule has 0 aromatic carbocycles. The Morgan fingerprint density at radius 3 is 2.86 bits per heavy atom. The largest absolute Gasteiger partial charge is 0.363 e. The number of nitrogens with one attached hydrogen (secondary N) is 1. The number of sulfonamides is 1. The molecule has 152 valence electrons. The number of H-pyrrole nitrogens is 1. The Kier molecular flexibility index (Phi) is 4.32. The number of anilines is 1. The standard InChI is InChI=1S/C20H24N6O2S/c1-13-9-17-16(11-26(13)18-4-7-22-20-15(18)3-6-21-20)19(24-12-23-17)14-5-8-25(10-14)29(2,27)28/h3-4,6-7,12-14H,5,8-11H2,1-2H3,(H,21,22)/t13-,14-/m1/s1. The zero-order valence-corrected chi connectivity index (χ0v) is 17.4. The maximum Gasteiger partial charge on any atom is 0.211 e. The van der Waals surface area contributed by atoms with E-state index < -0.39 is 10.0 Å². The first-order valence-corrected chi connectivity index (χ1v) is 11.7. The van der Waals surface area contributed by atoms with Crippen LogP contribution < -0.4 is 4.90 Å². The summed E-state index contributed by atoms with van der Waals surface area (Å²) in [6, 6.07) is 4.41. The Bertz CT molecular complexity index is 1170. The normalized spacial score (nSPS) is 22.9. The van der Waals surface area contributed by atoms with E-state index in [1.807, 2.05) is 12.4 Å². The summed E-state index contributed by atoms with van der Waals surface area (Å²) in [5, 5.41) is 1.10. The number of hydrogen-bond acceptors (Lipinski definition) is 6. The van der Waals surface area contributed by atoms with E-state index in [0.29, 0.717) is 25.7 Å². The van der Waals surface area contributed by atoms with Gasteiger partial charge in [0.25, 0.3) is 0 Å². The minimum Gasteiger partial charge on any atom is -0.363 e. The fourth-order valence-corrected chi connectivity index (χ4v) is 5.54. The molecule has 3 aromatic heterocycles. The van der Waals surface area contributed by atoms with Gasteiger partial charge in [-0.05, 0) is 25.5 Å². The van der Waals surface area contributed by atoms with Gasteiger partial charge in [0.15, 0.2) is 0 Å². The molecule has 0 amide bonds. The zero-order chi connectivity index (χ0) is 20.2. The summed E-state index contributed by atoms with van der Waals surface area (Å²) >= 11 is 0. The van der Waals surface area contributed by atoms with Crippen molar-refractivity contribution in [2.75, 3.05) is 24.2 Å². The van der Waals surface area contributed by atoms with Gasteiger partial charge in [-0.25, -0.2) is 27.7 Å². The number of nitrogens with zero attached hydrogens (tertiary/aromatic N) is 5. The predicted molar refractivity (Wildman–Crippen MR) is 111 cm³/mol. The number of fused-ring (bicyclic) bond motifs is 2. The highest BCUT2D eigenvalue weighted by molar-refractivity contribution is 7.88. The lowest BCUT2D eigenvalue weighted by Gasteiger charge is -2.37. The third kappa shape index (κ3) is 3.18. The number of hydrogen-bond donors (Lipinski definition) is 1. The topological polar surface area (TPSA) is 95.1 Å². The van der Waals surface area contributed by atoms with E-state index >= 15 is 0 Å². The molecular weight excluding hydrogens is 388 g/mol. The van der Waals surface area contributed by atoms with Crippen molar-refractivity contribution in [1.82, 2.24) is 24.2 Å². The van der Waals surface area contributed by atoms with Crippen LogP contribution in [0, 0.1) is 0 Å². The molecule has 5 rings (SSSR count). The van der Waals surface area contributed by atoms with E-state index in [9.17, 15) is 8.42 Å². The van der Waals surface area contributed by atoms with Gasteiger partial charge in [0.1, 0.15) is 12.0 Å². The first-order chi connectivity index (χ1) is 13.9. The van der Waals surface area contributed by atoms with Gasteiger partial charge in [0.05, 0.1) is 17.6 Å². The van der Waals surface area contributed by atoms with Crippen LogP contribution in [-0.2, 0) is 23.0 Å². The minimum absolute atomic E-state index is 0.112. The second kappa shape index (κ2) is 6.77. The summed E-state index contributed by atoms with van der Waals surface area (Å²) in [5.74, 6) is 0.112. The minimum atomic E-state index is -3.18. The summed E-state index contributed by atoms with van der Waals surface area (Å²) in [6.07, 6.45) is 8.29. The quantitative estimate of drug-likeness (QED) is 0.707. The molecule has 0 aliphatic carbocycles. The van der Waals surface area contributed by atoms with Crippen LogP contribution in [0.15, 0.2) is 30.9 Å². The Hall–Kier alpha value is -2.52. The molecule has 2 atom stereocenters. The maximum absolute atomic E-state index is 12.0. The van der Waals surface area contributed by atoms with Crippen LogP contribution in [0.5, 0.6) is 0 Å². The van der Waals surface area contributed by atoms with Crippen LogP contribution in [0.1, 0.15) is 36.2 Å². The number of aromatic nitrogens is 4. The Labute approximate surface area is 170 Å². The lowest BCUT2D eigenvalue weighted by molar-refractivity contribution is 0.476. The molecule has 1 saturated heterocycles. The van der Waals surface area contributed by atoms with E-state index in [-0.39, 0.29) is 5.92 Å². The fraction of sp³-hybridized carbons (Fsp3) is 0.450. The van der Waals surface area contributed by atoms with Crippen molar-refractivity contribution in [1.29, 1.82) is 0 Å². The molecule has 5 heterocycles. The monoisotopic (exact) mass is 412 g/mol. The SMILES string of the molecule is C[C@@H]1Cc2ncnc([C@@H]3CCN(S(C)(=O)=O)C3)c2CN1c1ccnc2[nH]ccc12. The molecule has 0 unspecified atom stereocenters. The van der Waals surface area contributed by atoms with Gasteiger partial charge in [-0.2, -0.15) is 0 Å². The highest BCUT2D eigenvalue weighted by Gasteiger charge is 2.35. The van der Waals surface area contributed by atoms with Gasteiger partial charge in [0, 0.05) is 67.0 Å². The van der Waals surface area contributed by atoms with Gasteiger partial charge in [-0.15, -0.1) is 0 Å². The summed E-state index contributed by atoms with van der Waals surface area (Å²) < 4.78 is 25.5. The van der Waals surface area contributed by atoms with Crippen molar-refractivity contribution in [3.63, 3.8) is 0 Å². The van der Waals surface area contributed by atoms with E-state index in [1.165, 1.54) is 6.26 Å². The molecule has 0 saturated carbocycles. The van der Waals surface area contributed by atoms with E-state index in [4.69, 9.17) is 0 Å². The zero-order valence-electron chi connectivity index (χ0n) is 16.5. The molecule has 0 radical (unpaired) electrons. The van der Waals surface area contributed by atoms with Crippen molar-refractivity contribution in [2.45, 2.75) is 38.3 Å². The number of pyridine rings is 1. The lowest BCUT2D eigenvalue weighted by Crippen LogP contribution is -2.40. The highest BCUT2D eigenvalue weighted by atomic mass is 32.2. The van der Waals surface area contributed by atoms with Crippen LogP contribution in [0.25, 0.3) is 11.0 Å². The highest BCUT2D eigenvalue weighted by Crippen LogP contribution is 2.36. The molecule has 0 bridgehead atoms. The molecule has 9 heteroatoms. The number of rotatable bonds is 3. The molecular formula is C20H24N6O2S. The molecule has 29 heavy (non-hydrogen) atoms. The number of aromatic amines is 1. The summed E-state index contributed by atoms with van der Waals surface area (Å²) in [7, 11) is -3.18. The Balaban J connectivity index is 1.52. The molecule has 8 nitrogen and oxygen atoms in total. The van der Waals surface area contributed by atoms with Crippen molar-refractivity contribution in [3.05, 3.63) is 47.8 Å². The summed E-state index contributed by atoms with van der Waals surface area (Å²) in [6.45, 7) is 3.98. The van der Waals surface area contributed by atoms with Crippen LogP contribution in [0.4, 0.5) is 5.69 Å². The van der Waals surface area contributed by atoms with Crippen LogP contribution in [-0.4, -0.2) is 58.0 Å². The first-order valence-electron chi connectivity index (χ1n) is 9.88. The second-order valence-corrected chi connectivity index (χ2v) is 10.0. The average molecular weight is 413 g/mol. The van der Waals surface area contributed by atoms with Crippen LogP contribution in [0.2, 0.25) is 0 Å². The Morgan fingerprint density at radius 1 is 1.21 bits per heavy atom. The molecule has 2 aliphatic heterocycles. The summed E-state index contributed by atoms with van der Waals surface area (Å²) in [5.41, 5.74) is 5.25. The first kappa shape index (κ1) is 18.5. The summed E-state index contributed by atoms with van der Waals surface area (Å²) in [4.78, 5) is 19.2. The van der Waals surface area contributed by atoms with Crippen molar-refractivity contribution >= 4 is 26.7 Å². The molecule has 0 spiro atoms. The van der Waals surface area contributed by atoms with Crippen molar-refractivity contribution in [2.24, 2.45) is 0 Å². The van der Waals surface area contributed by atoms with Gasteiger partial charge in [-0.3, -0.25) is 0 Å². The van der Waals surface area contributed by atoms with E-state index in [1.54, 1.807) is 10.6 Å². The lowest BCUT2D eigenvalue weighted by atomic mass is 9.92. The van der Waals surface area contributed by atoms with Gasteiger partial charge in [0.2, 0.25) is 10.0 Å². The van der Waals surface area contributed by atoms with E-state index in [0.717, 1.165) is 46.5 Å². The van der Waals surface area contributed by atoms with Gasteiger partial charge < -0.3 is 9.88 Å².